The van der Waals surface area contributed by atoms with E-state index >= 15 is 0 Å². The van der Waals surface area contributed by atoms with Crippen LogP contribution >= 0.6 is 0 Å². The van der Waals surface area contributed by atoms with Crippen molar-refractivity contribution in [2.24, 2.45) is 0 Å². The summed E-state index contributed by atoms with van der Waals surface area (Å²) in [6.45, 7) is 0. The topological polar surface area (TPSA) is 75.1 Å². The zero-order chi connectivity index (χ0) is 12.4. The van der Waals surface area contributed by atoms with Crippen LogP contribution in [0.4, 0.5) is 0 Å². The number of nitrogens with zero attached hydrogens (tertiary/aromatic N) is 1. The lowest BCUT2D eigenvalue weighted by Gasteiger charge is -2.08. The van der Waals surface area contributed by atoms with Crippen molar-refractivity contribution in [1.29, 1.82) is 5.26 Å². The van der Waals surface area contributed by atoms with E-state index in [2.05, 4.69) is 4.98 Å². The Bertz CT molecular complexity index is 668. The van der Waals surface area contributed by atoms with Gasteiger partial charge in [0, 0.05) is 17.5 Å². The van der Waals surface area contributed by atoms with Gasteiger partial charge in [-0.25, -0.2) is 0 Å². The highest BCUT2D eigenvalue weighted by molar-refractivity contribution is 5.83. The van der Waals surface area contributed by atoms with Gasteiger partial charge in [-0.05, 0) is 6.07 Å². The third kappa shape index (κ3) is 1.81. The lowest BCUT2D eigenvalue weighted by molar-refractivity contribution is 0.356. The number of nitrogens with one attached hydrogen (secondary N) is 1. The molecule has 0 bridgehead atoms. The van der Waals surface area contributed by atoms with Gasteiger partial charge < -0.3 is 14.5 Å². The van der Waals surface area contributed by atoms with Crippen molar-refractivity contribution in [3.63, 3.8) is 0 Å². The predicted molar refractivity (Wildman–Crippen MR) is 62.4 cm³/mol. The highest BCUT2D eigenvalue weighted by Crippen LogP contribution is 2.29. The lowest BCUT2D eigenvalue weighted by Crippen LogP contribution is -2.04. The summed E-state index contributed by atoms with van der Waals surface area (Å²) in [6, 6.07) is 6.38. The highest BCUT2D eigenvalue weighted by atomic mass is 16.5. The van der Waals surface area contributed by atoms with Crippen LogP contribution in [0.15, 0.2) is 23.0 Å². The first kappa shape index (κ1) is 11.0. The first-order valence-electron chi connectivity index (χ1n) is 4.88. The van der Waals surface area contributed by atoms with Crippen LogP contribution in [0.1, 0.15) is 5.69 Å². The van der Waals surface area contributed by atoms with Crippen LogP contribution in [-0.2, 0) is 0 Å². The molecule has 0 amide bonds. The van der Waals surface area contributed by atoms with E-state index in [0.717, 1.165) is 0 Å². The van der Waals surface area contributed by atoms with E-state index in [1.54, 1.807) is 12.1 Å². The van der Waals surface area contributed by atoms with Gasteiger partial charge in [-0.1, -0.05) is 0 Å². The molecule has 0 fully saturated rings. The fourth-order valence-electron chi connectivity index (χ4n) is 1.64. The van der Waals surface area contributed by atoms with Crippen molar-refractivity contribution in [3.05, 3.63) is 34.1 Å². The summed E-state index contributed by atoms with van der Waals surface area (Å²) in [6.07, 6.45) is 0. The molecular formula is C12H10N2O3. The Morgan fingerprint density at radius 2 is 1.82 bits per heavy atom. The molecule has 0 aliphatic rings. The molecule has 5 heteroatoms. The minimum absolute atomic E-state index is 0.217. The molecule has 0 saturated carbocycles. The fourth-order valence-corrected chi connectivity index (χ4v) is 1.64. The molecule has 86 valence electrons. The van der Waals surface area contributed by atoms with Crippen molar-refractivity contribution in [1.82, 2.24) is 4.98 Å². The maximum absolute atomic E-state index is 11.8. The molecule has 0 atom stereocenters. The zero-order valence-electron chi connectivity index (χ0n) is 9.40. The van der Waals surface area contributed by atoms with E-state index in [1.807, 2.05) is 6.07 Å². The second-order valence-corrected chi connectivity index (χ2v) is 3.41. The molecule has 0 unspecified atom stereocenters. The van der Waals surface area contributed by atoms with E-state index in [-0.39, 0.29) is 11.1 Å². The standard InChI is InChI=1S/C12H10N2O3/c1-16-11-4-8-9(5-12(11)17-2)14-7(6-13)3-10(8)15/h3-5H,1-2H3,(H,14,15). The number of benzene rings is 1. The molecule has 0 saturated heterocycles. The molecule has 17 heavy (non-hydrogen) atoms. The molecule has 5 nitrogen and oxygen atoms in total. The molecule has 1 aromatic heterocycles. The second kappa shape index (κ2) is 4.18. The van der Waals surface area contributed by atoms with E-state index in [1.165, 1.54) is 20.3 Å². The largest absolute Gasteiger partial charge is 0.493 e. The van der Waals surface area contributed by atoms with Gasteiger partial charge >= 0.3 is 0 Å². The fraction of sp³-hybridized carbons (Fsp3) is 0.167. The monoisotopic (exact) mass is 230 g/mol. The number of aromatic amines is 1. The SMILES string of the molecule is COc1cc2[nH]c(C#N)cc(=O)c2cc1OC. The first-order chi connectivity index (χ1) is 8.19. The molecule has 0 radical (unpaired) electrons. The van der Waals surface area contributed by atoms with Crippen molar-refractivity contribution >= 4 is 10.9 Å². The molecule has 0 aliphatic carbocycles. The molecule has 1 aromatic carbocycles. The molecule has 1 N–H and O–H groups in total. The molecule has 0 spiro atoms. The number of H-pyrrole nitrogens is 1. The van der Waals surface area contributed by atoms with E-state index in [4.69, 9.17) is 14.7 Å². The van der Waals surface area contributed by atoms with Gasteiger partial charge in [0.25, 0.3) is 0 Å². The predicted octanol–water partition coefficient (Wildman–Crippen LogP) is 1.42. The Kier molecular flexibility index (Phi) is 2.71. The molecule has 1 heterocycles. The summed E-state index contributed by atoms with van der Waals surface area (Å²) < 4.78 is 10.2. The Balaban J connectivity index is 2.84. The molecule has 0 aliphatic heterocycles. The van der Waals surface area contributed by atoms with Crippen LogP contribution in [0.25, 0.3) is 10.9 Å². The van der Waals surface area contributed by atoms with Gasteiger partial charge in [0.05, 0.1) is 19.7 Å². The second-order valence-electron chi connectivity index (χ2n) is 3.41. The van der Waals surface area contributed by atoms with Gasteiger partial charge in [0.15, 0.2) is 16.9 Å². The van der Waals surface area contributed by atoms with E-state index in [0.29, 0.717) is 22.4 Å². The number of aromatic nitrogens is 1. The number of rotatable bonds is 2. The number of ether oxygens (including phenoxy) is 2. The maximum atomic E-state index is 11.8. The number of pyridine rings is 1. The first-order valence-corrected chi connectivity index (χ1v) is 4.88. The van der Waals surface area contributed by atoms with E-state index in [9.17, 15) is 4.79 Å². The van der Waals surface area contributed by atoms with Gasteiger partial charge in [0.1, 0.15) is 11.8 Å². The number of fused-ring (bicyclic) bond motifs is 1. The van der Waals surface area contributed by atoms with Crippen LogP contribution in [0, 0.1) is 11.3 Å². The Hall–Kier alpha value is -2.48. The summed E-state index contributed by atoms with van der Waals surface area (Å²) in [5.74, 6) is 0.987. The van der Waals surface area contributed by atoms with Crippen molar-refractivity contribution in [2.75, 3.05) is 14.2 Å². The minimum atomic E-state index is -0.226. The highest BCUT2D eigenvalue weighted by Gasteiger charge is 2.09. The molecular weight excluding hydrogens is 220 g/mol. The summed E-state index contributed by atoms with van der Waals surface area (Å²) in [5.41, 5.74) is 0.540. The van der Waals surface area contributed by atoms with Crippen molar-refractivity contribution < 1.29 is 9.47 Å². The number of nitriles is 1. The summed E-state index contributed by atoms with van der Waals surface area (Å²) in [4.78, 5) is 14.6. The quantitative estimate of drug-likeness (QED) is 0.846. The van der Waals surface area contributed by atoms with Gasteiger partial charge in [0.2, 0.25) is 0 Å². The van der Waals surface area contributed by atoms with Crippen LogP contribution in [-0.4, -0.2) is 19.2 Å². The minimum Gasteiger partial charge on any atom is -0.493 e. The Morgan fingerprint density at radius 1 is 1.18 bits per heavy atom. The average Bonchev–Trinajstić information content (AvgIpc) is 2.36. The number of methoxy groups -OCH3 is 2. The maximum Gasteiger partial charge on any atom is 0.190 e. The van der Waals surface area contributed by atoms with Gasteiger partial charge in [-0.2, -0.15) is 5.26 Å². The van der Waals surface area contributed by atoms with Crippen LogP contribution in [0.5, 0.6) is 11.5 Å². The third-order valence-corrected chi connectivity index (χ3v) is 2.45. The zero-order valence-corrected chi connectivity index (χ0v) is 9.40. The normalized spacial score (nSPS) is 9.94. The van der Waals surface area contributed by atoms with Crippen LogP contribution in [0.2, 0.25) is 0 Å². The van der Waals surface area contributed by atoms with Crippen molar-refractivity contribution in [2.45, 2.75) is 0 Å². The summed E-state index contributed by atoms with van der Waals surface area (Å²) in [5, 5.41) is 9.23. The average molecular weight is 230 g/mol. The Labute approximate surface area is 97.2 Å². The van der Waals surface area contributed by atoms with Gasteiger partial charge in [-0.15, -0.1) is 0 Å². The lowest BCUT2D eigenvalue weighted by atomic mass is 10.1. The smallest absolute Gasteiger partial charge is 0.190 e. The van der Waals surface area contributed by atoms with Crippen molar-refractivity contribution in [3.8, 4) is 17.6 Å². The Morgan fingerprint density at radius 3 is 2.41 bits per heavy atom. The third-order valence-electron chi connectivity index (χ3n) is 2.45. The van der Waals surface area contributed by atoms with Crippen LogP contribution < -0.4 is 14.9 Å². The molecule has 2 aromatic rings. The van der Waals surface area contributed by atoms with E-state index < -0.39 is 0 Å². The summed E-state index contributed by atoms with van der Waals surface area (Å²) >= 11 is 0. The summed E-state index contributed by atoms with van der Waals surface area (Å²) in [7, 11) is 3.01. The van der Waals surface area contributed by atoms with Gasteiger partial charge in [-0.3, -0.25) is 4.79 Å². The number of hydrogen-bond acceptors (Lipinski definition) is 4. The van der Waals surface area contributed by atoms with Crippen LogP contribution in [0.3, 0.4) is 0 Å². The molecule has 2 rings (SSSR count). The number of hydrogen-bond donors (Lipinski definition) is 1.